The minimum Gasteiger partial charge on any atom is -0.327 e. The van der Waals surface area contributed by atoms with Gasteiger partial charge in [0, 0.05) is 6.04 Å². The number of hydrogen-bond donors (Lipinski definition) is 1. The Morgan fingerprint density at radius 1 is 1.56 bits per heavy atom. The molecule has 0 aliphatic heterocycles. The lowest BCUT2D eigenvalue weighted by atomic mass is 9.91. The normalized spacial score (nSPS) is 36.9. The van der Waals surface area contributed by atoms with Crippen LogP contribution < -0.4 is 5.73 Å². The van der Waals surface area contributed by atoms with Crippen molar-refractivity contribution in [1.29, 1.82) is 0 Å². The van der Waals surface area contributed by atoms with E-state index in [4.69, 9.17) is 5.73 Å². The van der Waals surface area contributed by atoms with Crippen LogP contribution in [0.4, 0.5) is 4.39 Å². The lowest BCUT2D eigenvalue weighted by Crippen LogP contribution is -2.28. The molecule has 0 spiro atoms. The first kappa shape index (κ1) is 6.75. The number of halogens is 1. The van der Waals surface area contributed by atoms with Gasteiger partial charge < -0.3 is 5.73 Å². The molecule has 2 N–H and O–H groups in total. The summed E-state index contributed by atoms with van der Waals surface area (Å²) >= 11 is 0. The van der Waals surface area contributed by atoms with Gasteiger partial charge in [-0.05, 0) is 24.8 Å². The van der Waals surface area contributed by atoms with Gasteiger partial charge in [0.15, 0.2) is 0 Å². The molecule has 0 amide bonds. The summed E-state index contributed by atoms with van der Waals surface area (Å²) < 4.78 is 12.6. The van der Waals surface area contributed by atoms with Gasteiger partial charge in [-0.1, -0.05) is 6.58 Å². The molecule has 0 aromatic rings. The van der Waals surface area contributed by atoms with Crippen molar-refractivity contribution in [3.05, 3.63) is 12.2 Å². The standard InChI is InChI=1S/C7H12FN/c1-5-4-6(9)2-3-7(5)8/h6-7H,1-4,9H2. The zero-order valence-corrected chi connectivity index (χ0v) is 5.44. The summed E-state index contributed by atoms with van der Waals surface area (Å²) in [6, 6.07) is 0.157. The highest BCUT2D eigenvalue weighted by atomic mass is 19.1. The summed E-state index contributed by atoms with van der Waals surface area (Å²) in [6.45, 7) is 3.59. The van der Waals surface area contributed by atoms with Gasteiger partial charge in [-0.25, -0.2) is 4.39 Å². The third kappa shape index (κ3) is 1.52. The molecule has 1 fully saturated rings. The Hall–Kier alpha value is -0.370. The van der Waals surface area contributed by atoms with Gasteiger partial charge in [-0.15, -0.1) is 0 Å². The van der Waals surface area contributed by atoms with Crippen molar-refractivity contribution in [1.82, 2.24) is 0 Å². The van der Waals surface area contributed by atoms with Crippen LogP contribution in [0.5, 0.6) is 0 Å². The molecule has 0 heterocycles. The Balaban J connectivity index is 2.44. The van der Waals surface area contributed by atoms with E-state index in [2.05, 4.69) is 6.58 Å². The second kappa shape index (κ2) is 2.48. The lowest BCUT2D eigenvalue weighted by molar-refractivity contribution is 0.303. The van der Waals surface area contributed by atoms with E-state index in [1.807, 2.05) is 0 Å². The van der Waals surface area contributed by atoms with Crippen molar-refractivity contribution >= 4 is 0 Å². The predicted octanol–water partition coefficient (Wildman–Crippen LogP) is 1.39. The van der Waals surface area contributed by atoms with E-state index in [1.165, 1.54) is 0 Å². The van der Waals surface area contributed by atoms with Gasteiger partial charge in [0.05, 0.1) is 0 Å². The Morgan fingerprint density at radius 2 is 2.22 bits per heavy atom. The fraction of sp³-hybridized carbons (Fsp3) is 0.714. The Morgan fingerprint density at radius 3 is 2.67 bits per heavy atom. The van der Waals surface area contributed by atoms with Crippen LogP contribution in [-0.4, -0.2) is 12.2 Å². The highest BCUT2D eigenvalue weighted by Crippen LogP contribution is 2.23. The number of rotatable bonds is 0. The number of nitrogens with two attached hydrogens (primary N) is 1. The molecule has 0 aromatic carbocycles. The van der Waals surface area contributed by atoms with E-state index in [9.17, 15) is 4.39 Å². The van der Waals surface area contributed by atoms with Crippen molar-refractivity contribution in [2.75, 3.05) is 0 Å². The van der Waals surface area contributed by atoms with Crippen LogP contribution in [-0.2, 0) is 0 Å². The third-order valence-electron chi connectivity index (χ3n) is 1.76. The zero-order chi connectivity index (χ0) is 6.85. The van der Waals surface area contributed by atoms with Crippen LogP contribution in [0.1, 0.15) is 19.3 Å². The molecule has 0 saturated heterocycles. The van der Waals surface area contributed by atoms with Crippen molar-refractivity contribution in [3.8, 4) is 0 Å². The van der Waals surface area contributed by atoms with Crippen molar-refractivity contribution in [2.45, 2.75) is 31.5 Å². The second-order valence-corrected chi connectivity index (χ2v) is 2.67. The van der Waals surface area contributed by atoms with Gasteiger partial charge in [-0.3, -0.25) is 0 Å². The highest BCUT2D eigenvalue weighted by molar-refractivity contribution is 5.07. The maximum Gasteiger partial charge on any atom is 0.121 e. The molecule has 0 aromatic heterocycles. The summed E-state index contributed by atoms with van der Waals surface area (Å²) in [5, 5.41) is 0. The maximum atomic E-state index is 12.6. The van der Waals surface area contributed by atoms with E-state index >= 15 is 0 Å². The smallest absolute Gasteiger partial charge is 0.121 e. The minimum atomic E-state index is -0.787. The zero-order valence-electron chi connectivity index (χ0n) is 5.44. The Kier molecular flexibility index (Phi) is 1.86. The minimum absolute atomic E-state index is 0.157. The fourth-order valence-electron chi connectivity index (χ4n) is 1.13. The van der Waals surface area contributed by atoms with Crippen LogP contribution in [0.25, 0.3) is 0 Å². The summed E-state index contributed by atoms with van der Waals surface area (Å²) in [4.78, 5) is 0. The molecular formula is C7H12FN. The first-order valence-electron chi connectivity index (χ1n) is 3.27. The molecule has 0 radical (unpaired) electrons. The quantitative estimate of drug-likeness (QED) is 0.491. The van der Waals surface area contributed by atoms with E-state index in [1.54, 1.807) is 0 Å². The monoisotopic (exact) mass is 129 g/mol. The molecule has 1 saturated carbocycles. The molecule has 1 rings (SSSR count). The first-order chi connectivity index (χ1) is 4.20. The van der Waals surface area contributed by atoms with E-state index in [-0.39, 0.29) is 6.04 Å². The third-order valence-corrected chi connectivity index (χ3v) is 1.76. The first-order valence-corrected chi connectivity index (χ1v) is 3.27. The number of alkyl halides is 1. The van der Waals surface area contributed by atoms with Crippen LogP contribution in [0, 0.1) is 0 Å². The topological polar surface area (TPSA) is 26.0 Å². The van der Waals surface area contributed by atoms with E-state index in [0.29, 0.717) is 18.4 Å². The molecule has 2 unspecified atom stereocenters. The molecule has 1 aliphatic rings. The molecule has 52 valence electrons. The molecule has 1 nitrogen and oxygen atoms in total. The van der Waals surface area contributed by atoms with Crippen LogP contribution in [0.3, 0.4) is 0 Å². The number of hydrogen-bond acceptors (Lipinski definition) is 1. The average Bonchev–Trinajstić information content (AvgIpc) is 1.80. The van der Waals surface area contributed by atoms with Gasteiger partial charge in [0.25, 0.3) is 0 Å². The lowest BCUT2D eigenvalue weighted by Gasteiger charge is -2.22. The Labute approximate surface area is 54.7 Å². The fourth-order valence-corrected chi connectivity index (χ4v) is 1.13. The average molecular weight is 129 g/mol. The summed E-state index contributed by atoms with van der Waals surface area (Å²) in [7, 11) is 0. The van der Waals surface area contributed by atoms with Crippen molar-refractivity contribution < 1.29 is 4.39 Å². The largest absolute Gasteiger partial charge is 0.327 e. The van der Waals surface area contributed by atoms with Crippen LogP contribution in [0.15, 0.2) is 12.2 Å². The van der Waals surface area contributed by atoms with Gasteiger partial charge in [-0.2, -0.15) is 0 Å². The molecule has 0 bridgehead atoms. The predicted molar refractivity (Wildman–Crippen MR) is 35.9 cm³/mol. The van der Waals surface area contributed by atoms with Gasteiger partial charge >= 0.3 is 0 Å². The van der Waals surface area contributed by atoms with E-state index in [0.717, 1.165) is 6.42 Å². The summed E-state index contributed by atoms with van der Waals surface area (Å²) in [6.07, 6.45) is 1.26. The molecule has 2 heteroatoms. The van der Waals surface area contributed by atoms with Gasteiger partial charge in [0.1, 0.15) is 6.17 Å². The Bertz CT molecular complexity index is 122. The van der Waals surface area contributed by atoms with Crippen molar-refractivity contribution in [3.63, 3.8) is 0 Å². The van der Waals surface area contributed by atoms with Crippen molar-refractivity contribution in [2.24, 2.45) is 5.73 Å². The van der Waals surface area contributed by atoms with E-state index < -0.39 is 6.17 Å². The summed E-state index contributed by atoms with van der Waals surface area (Å²) in [5.74, 6) is 0. The molecule has 2 atom stereocenters. The van der Waals surface area contributed by atoms with Crippen LogP contribution >= 0.6 is 0 Å². The summed E-state index contributed by atoms with van der Waals surface area (Å²) in [5.41, 5.74) is 6.23. The SMILES string of the molecule is C=C1CC(N)CCC1F. The van der Waals surface area contributed by atoms with Crippen LogP contribution in [0.2, 0.25) is 0 Å². The van der Waals surface area contributed by atoms with Gasteiger partial charge in [0.2, 0.25) is 0 Å². The second-order valence-electron chi connectivity index (χ2n) is 2.67. The highest BCUT2D eigenvalue weighted by Gasteiger charge is 2.20. The molecule has 9 heavy (non-hydrogen) atoms. The maximum absolute atomic E-state index is 12.6. The molecular weight excluding hydrogens is 117 g/mol. The molecule has 1 aliphatic carbocycles.